The van der Waals surface area contributed by atoms with E-state index in [1.165, 1.54) is 6.21 Å². The van der Waals surface area contributed by atoms with Gasteiger partial charge in [0.2, 0.25) is 0 Å². The Bertz CT molecular complexity index is 492. The van der Waals surface area contributed by atoms with E-state index in [1.807, 2.05) is 18.2 Å². The van der Waals surface area contributed by atoms with E-state index in [4.69, 9.17) is 5.84 Å². The molecule has 0 aliphatic carbocycles. The largest absolute Gasteiger partial charge is 0.323 e. The van der Waals surface area contributed by atoms with Crippen LogP contribution in [0.25, 0.3) is 10.8 Å². The van der Waals surface area contributed by atoms with Crippen molar-refractivity contribution in [3.63, 3.8) is 0 Å². The molecule has 2 rings (SSSR count). The van der Waals surface area contributed by atoms with E-state index in [9.17, 15) is 4.39 Å². The lowest BCUT2D eigenvalue weighted by molar-refractivity contribution is 0.638. The van der Waals surface area contributed by atoms with E-state index in [0.29, 0.717) is 10.9 Å². The van der Waals surface area contributed by atoms with Gasteiger partial charge >= 0.3 is 0 Å². The maximum Gasteiger partial charge on any atom is 0.139 e. The van der Waals surface area contributed by atoms with Crippen LogP contribution in [0.15, 0.2) is 41.5 Å². The van der Waals surface area contributed by atoms with Gasteiger partial charge in [-0.1, -0.05) is 30.3 Å². The van der Waals surface area contributed by atoms with E-state index in [0.717, 1.165) is 5.39 Å². The molecule has 2 aromatic rings. The number of hydrogen-bond acceptors (Lipinski definition) is 2. The highest BCUT2D eigenvalue weighted by atomic mass is 19.1. The molecule has 0 aromatic heterocycles. The summed E-state index contributed by atoms with van der Waals surface area (Å²) < 4.78 is 13.7. The normalized spacial score (nSPS) is 11.2. The predicted octanol–water partition coefficient (Wildman–Crippen LogP) is 2.27. The number of fused-ring (bicyclic) bond motifs is 1. The maximum absolute atomic E-state index is 13.7. The number of halogens is 1. The molecule has 0 radical (unpaired) electrons. The summed E-state index contributed by atoms with van der Waals surface area (Å²) in [4.78, 5) is 0. The van der Waals surface area contributed by atoms with Crippen LogP contribution in [0.4, 0.5) is 4.39 Å². The average molecular weight is 188 g/mol. The van der Waals surface area contributed by atoms with Gasteiger partial charge in [-0.3, -0.25) is 0 Å². The molecule has 0 spiro atoms. The van der Waals surface area contributed by atoms with E-state index in [1.54, 1.807) is 18.2 Å². The van der Waals surface area contributed by atoms with E-state index < -0.39 is 0 Å². The van der Waals surface area contributed by atoms with Crippen molar-refractivity contribution in [3.05, 3.63) is 47.8 Å². The molecule has 0 fully saturated rings. The Morgan fingerprint density at radius 1 is 1.14 bits per heavy atom. The van der Waals surface area contributed by atoms with Gasteiger partial charge in [0.15, 0.2) is 0 Å². The van der Waals surface area contributed by atoms with Crippen molar-refractivity contribution in [1.82, 2.24) is 0 Å². The summed E-state index contributed by atoms with van der Waals surface area (Å²) >= 11 is 0. The average Bonchev–Trinajstić information content (AvgIpc) is 2.23. The lowest BCUT2D eigenvalue weighted by Crippen LogP contribution is -1.92. The third kappa shape index (κ3) is 1.33. The Balaban J connectivity index is 2.75. The lowest BCUT2D eigenvalue weighted by atomic mass is 10.1. The molecule has 0 unspecified atom stereocenters. The fourth-order valence-corrected chi connectivity index (χ4v) is 1.43. The monoisotopic (exact) mass is 188 g/mol. The highest BCUT2D eigenvalue weighted by Crippen LogP contribution is 2.19. The zero-order valence-corrected chi connectivity index (χ0v) is 7.44. The third-order valence-electron chi connectivity index (χ3n) is 2.11. The number of nitrogens with zero attached hydrogens (tertiary/aromatic N) is 1. The van der Waals surface area contributed by atoms with E-state index >= 15 is 0 Å². The van der Waals surface area contributed by atoms with E-state index in [-0.39, 0.29) is 5.82 Å². The van der Waals surface area contributed by atoms with Crippen LogP contribution in [-0.4, -0.2) is 6.21 Å². The van der Waals surface area contributed by atoms with Crippen molar-refractivity contribution < 1.29 is 4.39 Å². The Morgan fingerprint density at radius 2 is 1.93 bits per heavy atom. The fourth-order valence-electron chi connectivity index (χ4n) is 1.43. The molecule has 0 atom stereocenters. The van der Waals surface area contributed by atoms with Crippen LogP contribution in [0.5, 0.6) is 0 Å². The molecule has 2 N–H and O–H groups in total. The van der Waals surface area contributed by atoms with Crippen molar-refractivity contribution in [3.8, 4) is 0 Å². The number of rotatable bonds is 1. The van der Waals surface area contributed by atoms with Crippen molar-refractivity contribution >= 4 is 17.0 Å². The minimum absolute atomic E-state index is 0.280. The summed E-state index contributed by atoms with van der Waals surface area (Å²) in [7, 11) is 0. The van der Waals surface area contributed by atoms with Crippen molar-refractivity contribution in [2.75, 3.05) is 0 Å². The van der Waals surface area contributed by atoms with Gasteiger partial charge < -0.3 is 5.84 Å². The Kier molecular flexibility index (Phi) is 2.14. The number of benzene rings is 2. The summed E-state index contributed by atoms with van der Waals surface area (Å²) in [5.74, 6) is 4.70. The first-order chi connectivity index (χ1) is 6.83. The second kappa shape index (κ2) is 3.46. The number of hydrazone groups is 1. The smallest absolute Gasteiger partial charge is 0.139 e. The van der Waals surface area contributed by atoms with Gasteiger partial charge in [0.25, 0.3) is 0 Å². The molecule has 0 aliphatic rings. The standard InChI is InChI=1S/C11H9FN2/c12-11-9(7-14-13)6-5-8-3-1-2-4-10(8)11/h1-7H,13H2. The summed E-state index contributed by atoms with van der Waals surface area (Å²) in [6.07, 6.45) is 1.31. The molecular formula is C11H9FN2. The Morgan fingerprint density at radius 3 is 2.71 bits per heavy atom. The molecule has 14 heavy (non-hydrogen) atoms. The van der Waals surface area contributed by atoms with Gasteiger partial charge in [-0.2, -0.15) is 5.10 Å². The molecular weight excluding hydrogens is 179 g/mol. The molecule has 0 amide bonds. The molecule has 3 heteroatoms. The highest BCUT2D eigenvalue weighted by molar-refractivity contribution is 5.91. The minimum Gasteiger partial charge on any atom is -0.323 e. The van der Waals surface area contributed by atoms with Crippen LogP contribution in [0.2, 0.25) is 0 Å². The van der Waals surface area contributed by atoms with Gasteiger partial charge in [0.05, 0.1) is 6.21 Å². The molecule has 0 heterocycles. The quantitative estimate of drug-likeness (QED) is 0.416. The van der Waals surface area contributed by atoms with Crippen LogP contribution in [0.1, 0.15) is 5.56 Å². The van der Waals surface area contributed by atoms with Crippen LogP contribution in [0, 0.1) is 5.82 Å². The predicted molar refractivity (Wildman–Crippen MR) is 55.7 cm³/mol. The zero-order chi connectivity index (χ0) is 9.97. The van der Waals surface area contributed by atoms with Crippen LogP contribution in [0.3, 0.4) is 0 Å². The third-order valence-corrected chi connectivity index (χ3v) is 2.11. The first-order valence-corrected chi connectivity index (χ1v) is 4.23. The highest BCUT2D eigenvalue weighted by Gasteiger charge is 2.03. The topological polar surface area (TPSA) is 38.4 Å². The van der Waals surface area contributed by atoms with Crippen molar-refractivity contribution in [2.24, 2.45) is 10.9 Å². The van der Waals surface area contributed by atoms with Crippen molar-refractivity contribution in [1.29, 1.82) is 0 Å². The maximum atomic E-state index is 13.7. The lowest BCUT2D eigenvalue weighted by Gasteiger charge is -2.01. The van der Waals surface area contributed by atoms with Gasteiger partial charge in [0, 0.05) is 10.9 Å². The Labute approximate surface area is 80.8 Å². The zero-order valence-electron chi connectivity index (χ0n) is 7.44. The molecule has 2 nitrogen and oxygen atoms in total. The minimum atomic E-state index is -0.280. The molecule has 0 saturated heterocycles. The van der Waals surface area contributed by atoms with Crippen LogP contribution < -0.4 is 5.84 Å². The summed E-state index contributed by atoms with van der Waals surface area (Å²) in [5, 5.41) is 4.77. The summed E-state index contributed by atoms with van der Waals surface area (Å²) in [5.41, 5.74) is 0.409. The van der Waals surface area contributed by atoms with Gasteiger partial charge in [0.1, 0.15) is 5.82 Å². The van der Waals surface area contributed by atoms with Gasteiger partial charge in [-0.05, 0) is 11.5 Å². The second-order valence-corrected chi connectivity index (χ2v) is 2.97. The SMILES string of the molecule is NN=Cc1ccc2ccccc2c1F. The van der Waals surface area contributed by atoms with E-state index in [2.05, 4.69) is 5.10 Å². The van der Waals surface area contributed by atoms with Crippen LogP contribution >= 0.6 is 0 Å². The van der Waals surface area contributed by atoms with Crippen LogP contribution in [-0.2, 0) is 0 Å². The molecule has 0 bridgehead atoms. The molecule has 70 valence electrons. The molecule has 0 saturated carbocycles. The van der Waals surface area contributed by atoms with Gasteiger partial charge in [-0.15, -0.1) is 0 Å². The number of nitrogens with two attached hydrogens (primary N) is 1. The molecule has 0 aliphatic heterocycles. The summed E-state index contributed by atoms with van der Waals surface area (Å²) in [6, 6.07) is 10.8. The number of hydrogen-bond donors (Lipinski definition) is 1. The first kappa shape index (κ1) is 8.69. The first-order valence-electron chi connectivity index (χ1n) is 4.23. The second-order valence-electron chi connectivity index (χ2n) is 2.97. The van der Waals surface area contributed by atoms with Gasteiger partial charge in [-0.25, -0.2) is 4.39 Å². The van der Waals surface area contributed by atoms with Crippen molar-refractivity contribution in [2.45, 2.75) is 0 Å². The molecule has 2 aromatic carbocycles. The Hall–Kier alpha value is -1.90. The summed E-state index contributed by atoms with van der Waals surface area (Å²) in [6.45, 7) is 0. The fraction of sp³-hybridized carbons (Fsp3) is 0.